The molecule has 4 atom stereocenters. The molecule has 0 saturated carbocycles. The lowest BCUT2D eigenvalue weighted by atomic mass is 9.99. The quantitative estimate of drug-likeness (QED) is 0.460. The van der Waals surface area contributed by atoms with Crippen molar-refractivity contribution >= 4 is 0 Å². The Labute approximate surface area is 93.8 Å². The molecule has 0 aliphatic heterocycles. The van der Waals surface area contributed by atoms with Gasteiger partial charge in [-0.3, -0.25) is 0 Å². The van der Waals surface area contributed by atoms with Gasteiger partial charge in [0.25, 0.3) is 0 Å². The van der Waals surface area contributed by atoms with Gasteiger partial charge in [-0.1, -0.05) is 0 Å². The fourth-order valence-corrected chi connectivity index (χ4v) is 1.56. The van der Waals surface area contributed by atoms with Crippen molar-refractivity contribution in [3.8, 4) is 0 Å². The first-order valence-corrected chi connectivity index (χ1v) is 5.75. The fraction of sp³-hybridized carbons (Fsp3) is 1.00. The molecule has 0 spiro atoms. The van der Waals surface area contributed by atoms with E-state index in [1.807, 2.05) is 28.1 Å². The molecule has 0 bridgehead atoms. The van der Waals surface area contributed by atoms with Crippen LogP contribution in [0.4, 0.5) is 0 Å². The molecule has 0 aromatic rings. The first kappa shape index (κ1) is 14.8. The minimum Gasteiger partial charge on any atom is -0.391 e. The lowest BCUT2D eigenvalue weighted by molar-refractivity contribution is 0.114. The molecule has 0 saturated heterocycles. The van der Waals surface area contributed by atoms with Crippen molar-refractivity contribution in [3.63, 3.8) is 0 Å². The monoisotopic (exact) mass is 217 g/mol. The van der Waals surface area contributed by atoms with Gasteiger partial charge < -0.3 is 21.1 Å². The molecule has 0 aliphatic carbocycles. The Hall–Kier alpha value is -0.160. The molecule has 0 heterocycles. The van der Waals surface area contributed by atoms with Crippen LogP contribution in [0.2, 0.25) is 0 Å². The second kappa shape index (κ2) is 8.05. The third-order valence-corrected chi connectivity index (χ3v) is 3.10. The Balaban J connectivity index is 3.97. The summed E-state index contributed by atoms with van der Waals surface area (Å²) >= 11 is 0. The lowest BCUT2D eigenvalue weighted by Gasteiger charge is -2.25. The zero-order chi connectivity index (χ0) is 11.8. The third-order valence-electron chi connectivity index (χ3n) is 3.10. The van der Waals surface area contributed by atoms with Crippen LogP contribution in [0.1, 0.15) is 26.7 Å². The molecule has 0 aromatic heterocycles. The molecule has 15 heavy (non-hydrogen) atoms. The highest BCUT2D eigenvalue weighted by Crippen LogP contribution is 2.08. The Kier molecular flexibility index (Phi) is 7.96. The third kappa shape index (κ3) is 6.10. The molecule has 92 valence electrons. The Morgan fingerprint density at radius 2 is 1.53 bits per heavy atom. The molecule has 4 N–H and O–H groups in total. The van der Waals surface area contributed by atoms with E-state index in [0.717, 1.165) is 12.8 Å². The summed E-state index contributed by atoms with van der Waals surface area (Å²) < 4.78 is 0. The minimum atomic E-state index is -0.295. The lowest BCUT2D eigenvalue weighted by Crippen LogP contribution is -2.42. The van der Waals surface area contributed by atoms with Crippen LogP contribution in [-0.2, 0) is 0 Å². The number of nitrogens with one attached hydrogen (secondary N) is 3. The van der Waals surface area contributed by atoms with Crippen molar-refractivity contribution in [2.24, 2.45) is 0 Å². The molecule has 0 aliphatic rings. The fourth-order valence-electron chi connectivity index (χ4n) is 1.56. The van der Waals surface area contributed by atoms with E-state index in [2.05, 4.69) is 22.9 Å². The zero-order valence-electron chi connectivity index (χ0n) is 10.7. The Morgan fingerprint density at radius 1 is 0.933 bits per heavy atom. The summed E-state index contributed by atoms with van der Waals surface area (Å²) in [7, 11) is 5.78. The van der Waals surface area contributed by atoms with Crippen molar-refractivity contribution in [1.29, 1.82) is 0 Å². The molecular weight excluding hydrogens is 190 g/mol. The molecule has 4 unspecified atom stereocenters. The van der Waals surface area contributed by atoms with E-state index in [9.17, 15) is 5.11 Å². The summed E-state index contributed by atoms with van der Waals surface area (Å²) in [5.41, 5.74) is 0. The van der Waals surface area contributed by atoms with Crippen molar-refractivity contribution in [1.82, 2.24) is 16.0 Å². The number of aliphatic hydroxyl groups excluding tert-OH is 1. The molecule has 0 fully saturated rings. The normalized spacial score (nSPS) is 19.6. The second-order valence-corrected chi connectivity index (χ2v) is 4.29. The van der Waals surface area contributed by atoms with Crippen LogP contribution in [-0.4, -0.2) is 50.5 Å². The number of aliphatic hydroxyl groups is 1. The van der Waals surface area contributed by atoms with Crippen molar-refractivity contribution in [2.75, 3.05) is 21.1 Å². The molecule has 0 radical (unpaired) electrons. The van der Waals surface area contributed by atoms with Crippen molar-refractivity contribution < 1.29 is 5.11 Å². The van der Waals surface area contributed by atoms with E-state index in [0.29, 0.717) is 12.1 Å². The topological polar surface area (TPSA) is 56.3 Å². The van der Waals surface area contributed by atoms with E-state index in [1.165, 1.54) is 0 Å². The van der Waals surface area contributed by atoms with Crippen molar-refractivity contribution in [3.05, 3.63) is 0 Å². The molecule has 0 amide bonds. The van der Waals surface area contributed by atoms with Gasteiger partial charge in [0, 0.05) is 18.1 Å². The van der Waals surface area contributed by atoms with Gasteiger partial charge in [0.05, 0.1) is 6.10 Å². The Bertz CT molecular complexity index is 155. The van der Waals surface area contributed by atoms with Crippen LogP contribution in [0.5, 0.6) is 0 Å². The zero-order valence-corrected chi connectivity index (χ0v) is 10.7. The number of likely N-dealkylation sites (N-methyl/N-ethyl adjacent to an activating group) is 1. The van der Waals surface area contributed by atoms with Crippen LogP contribution in [0.25, 0.3) is 0 Å². The summed E-state index contributed by atoms with van der Waals surface area (Å²) in [5, 5.41) is 19.4. The standard InChI is InChI=1S/C11H27N3O/c1-8(12-3)6-10(14-5)7-11(15)9(2)13-4/h8-15H,6-7H2,1-5H3. The van der Waals surface area contributed by atoms with Gasteiger partial charge in [-0.2, -0.15) is 0 Å². The van der Waals surface area contributed by atoms with Gasteiger partial charge in [-0.15, -0.1) is 0 Å². The van der Waals surface area contributed by atoms with E-state index in [-0.39, 0.29) is 12.1 Å². The van der Waals surface area contributed by atoms with Gasteiger partial charge in [-0.25, -0.2) is 0 Å². The van der Waals surface area contributed by atoms with E-state index in [1.54, 1.807) is 0 Å². The summed E-state index contributed by atoms with van der Waals surface area (Å²) in [6, 6.07) is 0.975. The molecule has 4 nitrogen and oxygen atoms in total. The maximum atomic E-state index is 9.88. The SMILES string of the molecule is CNC(C)CC(CC(O)C(C)NC)NC. The van der Waals surface area contributed by atoms with Crippen LogP contribution in [0.15, 0.2) is 0 Å². The largest absolute Gasteiger partial charge is 0.391 e. The van der Waals surface area contributed by atoms with Gasteiger partial charge in [0.2, 0.25) is 0 Å². The van der Waals surface area contributed by atoms with Gasteiger partial charge in [-0.05, 0) is 47.8 Å². The van der Waals surface area contributed by atoms with E-state index in [4.69, 9.17) is 0 Å². The predicted octanol–water partition coefficient (Wildman–Crippen LogP) is -0.0687. The van der Waals surface area contributed by atoms with Crippen molar-refractivity contribution in [2.45, 2.75) is 50.9 Å². The number of hydrogen-bond donors (Lipinski definition) is 4. The van der Waals surface area contributed by atoms with E-state index < -0.39 is 0 Å². The molecule has 4 heteroatoms. The minimum absolute atomic E-state index is 0.144. The van der Waals surface area contributed by atoms with Gasteiger partial charge >= 0.3 is 0 Å². The van der Waals surface area contributed by atoms with Gasteiger partial charge in [0.15, 0.2) is 0 Å². The average molecular weight is 217 g/mol. The first-order chi connectivity index (χ1) is 7.04. The number of rotatable bonds is 8. The van der Waals surface area contributed by atoms with Crippen LogP contribution in [0.3, 0.4) is 0 Å². The average Bonchev–Trinajstić information content (AvgIpc) is 2.26. The van der Waals surface area contributed by atoms with E-state index >= 15 is 0 Å². The maximum absolute atomic E-state index is 9.88. The second-order valence-electron chi connectivity index (χ2n) is 4.29. The van der Waals surface area contributed by atoms with Crippen LogP contribution in [0, 0.1) is 0 Å². The first-order valence-electron chi connectivity index (χ1n) is 5.75. The van der Waals surface area contributed by atoms with Crippen LogP contribution < -0.4 is 16.0 Å². The summed E-state index contributed by atoms with van der Waals surface area (Å²) in [4.78, 5) is 0. The summed E-state index contributed by atoms with van der Waals surface area (Å²) in [5.74, 6) is 0. The molecule has 0 rings (SSSR count). The number of hydrogen-bond acceptors (Lipinski definition) is 4. The summed E-state index contributed by atoms with van der Waals surface area (Å²) in [6.07, 6.45) is 1.52. The highest BCUT2D eigenvalue weighted by Gasteiger charge is 2.18. The Morgan fingerprint density at radius 3 is 1.93 bits per heavy atom. The highest BCUT2D eigenvalue weighted by atomic mass is 16.3. The molecule has 0 aromatic carbocycles. The smallest absolute Gasteiger partial charge is 0.0705 e. The maximum Gasteiger partial charge on any atom is 0.0705 e. The summed E-state index contributed by atoms with van der Waals surface area (Å²) in [6.45, 7) is 4.15. The molecular formula is C11H27N3O. The van der Waals surface area contributed by atoms with Crippen LogP contribution >= 0.6 is 0 Å². The highest BCUT2D eigenvalue weighted by molar-refractivity contribution is 4.78. The predicted molar refractivity (Wildman–Crippen MR) is 65.1 cm³/mol. The van der Waals surface area contributed by atoms with Gasteiger partial charge in [0.1, 0.15) is 0 Å².